The van der Waals surface area contributed by atoms with Crippen molar-refractivity contribution in [3.63, 3.8) is 0 Å². The highest BCUT2D eigenvalue weighted by Gasteiger charge is 2.38. The first-order valence-corrected chi connectivity index (χ1v) is 7.43. The molecule has 0 saturated carbocycles. The lowest BCUT2D eigenvalue weighted by Crippen LogP contribution is -2.38. The van der Waals surface area contributed by atoms with Crippen LogP contribution in [-0.4, -0.2) is 36.8 Å². The molecule has 0 radical (unpaired) electrons. The minimum atomic E-state index is -3.04. The Bertz CT molecular complexity index is 306. The van der Waals surface area contributed by atoms with Crippen LogP contribution in [0.25, 0.3) is 0 Å². The maximum atomic E-state index is 12.2. The zero-order valence-electron chi connectivity index (χ0n) is 9.66. The molecule has 90 valence electrons. The first-order chi connectivity index (χ1) is 6.75. The average Bonchev–Trinajstić information content (AvgIpc) is 2.27. The third-order valence-corrected chi connectivity index (χ3v) is 6.26. The fourth-order valence-electron chi connectivity index (χ4n) is 1.82. The van der Waals surface area contributed by atoms with Crippen molar-refractivity contribution in [3.05, 3.63) is 0 Å². The fraction of sp³-hybridized carbons (Fsp3) is 1.00. The number of thiol groups is 1. The summed E-state index contributed by atoms with van der Waals surface area (Å²) < 4.78 is 23.8. The van der Waals surface area contributed by atoms with Crippen LogP contribution in [0.15, 0.2) is 0 Å². The highest BCUT2D eigenvalue weighted by Crippen LogP contribution is 2.27. The van der Waals surface area contributed by atoms with Crippen LogP contribution in [0.5, 0.6) is 0 Å². The van der Waals surface area contributed by atoms with Gasteiger partial charge in [0.15, 0.2) is 9.84 Å². The van der Waals surface area contributed by atoms with Crippen LogP contribution >= 0.6 is 12.6 Å². The summed E-state index contributed by atoms with van der Waals surface area (Å²) in [6, 6.07) is 0. The largest absolute Gasteiger partial charge is 0.316 e. The van der Waals surface area contributed by atoms with Crippen molar-refractivity contribution >= 4 is 22.5 Å². The minimum Gasteiger partial charge on any atom is -0.316 e. The number of hydrogen-bond donors (Lipinski definition) is 2. The molecular formula is C10H21NO2S2. The molecule has 15 heavy (non-hydrogen) atoms. The van der Waals surface area contributed by atoms with Crippen LogP contribution in [0.2, 0.25) is 0 Å². The molecule has 0 aliphatic carbocycles. The number of nitrogens with one attached hydrogen (secondary N) is 1. The van der Waals surface area contributed by atoms with Crippen LogP contribution in [0.1, 0.15) is 33.6 Å². The summed E-state index contributed by atoms with van der Waals surface area (Å²) in [6.45, 7) is 6.90. The van der Waals surface area contributed by atoms with Crippen LogP contribution in [0.4, 0.5) is 0 Å². The molecule has 5 heteroatoms. The third kappa shape index (κ3) is 3.11. The lowest BCUT2D eigenvalue weighted by atomic mass is 10.2. The van der Waals surface area contributed by atoms with E-state index in [1.54, 1.807) is 20.8 Å². The van der Waals surface area contributed by atoms with Crippen molar-refractivity contribution in [2.75, 3.05) is 13.1 Å². The molecule has 0 aromatic rings. The Morgan fingerprint density at radius 1 is 1.33 bits per heavy atom. The maximum Gasteiger partial charge on any atom is 0.158 e. The quantitative estimate of drug-likeness (QED) is 0.690. The summed E-state index contributed by atoms with van der Waals surface area (Å²) >= 11 is 4.39. The predicted molar refractivity (Wildman–Crippen MR) is 67.3 cm³/mol. The molecule has 2 unspecified atom stereocenters. The zero-order valence-corrected chi connectivity index (χ0v) is 11.4. The summed E-state index contributed by atoms with van der Waals surface area (Å²) in [6.07, 6.45) is 1.37. The van der Waals surface area contributed by atoms with Gasteiger partial charge in [0, 0.05) is 11.8 Å². The summed E-state index contributed by atoms with van der Waals surface area (Å²) in [5.41, 5.74) is 0. The lowest BCUT2D eigenvalue weighted by molar-refractivity contribution is 0.533. The van der Waals surface area contributed by atoms with Crippen molar-refractivity contribution in [2.45, 2.75) is 48.9 Å². The monoisotopic (exact) mass is 251 g/mol. The predicted octanol–water partition coefficient (Wildman–Crippen LogP) is 1.25. The molecule has 1 heterocycles. The van der Waals surface area contributed by atoms with Gasteiger partial charge in [0.25, 0.3) is 0 Å². The number of rotatable bonds is 1. The first-order valence-electron chi connectivity index (χ1n) is 5.37. The van der Waals surface area contributed by atoms with Crippen molar-refractivity contribution in [1.29, 1.82) is 0 Å². The molecule has 1 aliphatic heterocycles. The van der Waals surface area contributed by atoms with Gasteiger partial charge in [-0.25, -0.2) is 8.42 Å². The molecule has 1 fully saturated rings. The summed E-state index contributed by atoms with van der Waals surface area (Å²) in [5.74, 6) is 0. The Morgan fingerprint density at radius 2 is 1.93 bits per heavy atom. The normalized spacial score (nSPS) is 29.9. The molecule has 0 amide bonds. The van der Waals surface area contributed by atoms with Crippen LogP contribution < -0.4 is 5.32 Å². The zero-order chi connectivity index (χ0) is 11.7. The van der Waals surface area contributed by atoms with Gasteiger partial charge in [-0.15, -0.1) is 0 Å². The fourth-order valence-corrected chi connectivity index (χ4v) is 4.26. The second-order valence-electron chi connectivity index (χ2n) is 5.16. The molecule has 0 aromatic carbocycles. The molecule has 1 rings (SSSR count). The minimum absolute atomic E-state index is 0.148. The smallest absolute Gasteiger partial charge is 0.158 e. The van der Waals surface area contributed by atoms with E-state index in [0.717, 1.165) is 13.1 Å². The lowest BCUT2D eigenvalue weighted by Gasteiger charge is -2.26. The Labute approximate surface area is 98.3 Å². The van der Waals surface area contributed by atoms with E-state index in [1.165, 1.54) is 0 Å². The van der Waals surface area contributed by atoms with Gasteiger partial charge in [-0.3, -0.25) is 0 Å². The van der Waals surface area contributed by atoms with Gasteiger partial charge in [-0.05, 0) is 40.2 Å². The van der Waals surface area contributed by atoms with Crippen LogP contribution in [0.3, 0.4) is 0 Å². The highest BCUT2D eigenvalue weighted by molar-refractivity contribution is 7.93. The summed E-state index contributed by atoms with van der Waals surface area (Å²) in [4.78, 5) is 0. The van der Waals surface area contributed by atoms with E-state index in [1.807, 2.05) is 0 Å². The molecule has 1 saturated heterocycles. The molecule has 2 atom stereocenters. The third-order valence-electron chi connectivity index (χ3n) is 2.85. The average molecular weight is 251 g/mol. The van der Waals surface area contributed by atoms with E-state index in [0.29, 0.717) is 12.8 Å². The molecule has 1 aliphatic rings. The van der Waals surface area contributed by atoms with Gasteiger partial charge in [-0.2, -0.15) is 12.6 Å². The number of hydrogen-bond acceptors (Lipinski definition) is 4. The van der Waals surface area contributed by atoms with Gasteiger partial charge in [-0.1, -0.05) is 0 Å². The van der Waals surface area contributed by atoms with Crippen molar-refractivity contribution in [1.82, 2.24) is 5.32 Å². The Balaban J connectivity index is 2.86. The molecule has 1 N–H and O–H groups in total. The molecular weight excluding hydrogens is 230 g/mol. The second-order valence-corrected chi connectivity index (χ2v) is 8.87. The first kappa shape index (κ1) is 13.3. The Kier molecular flexibility index (Phi) is 4.12. The maximum absolute atomic E-state index is 12.2. The second kappa shape index (κ2) is 4.63. The van der Waals surface area contributed by atoms with Gasteiger partial charge >= 0.3 is 0 Å². The number of sulfone groups is 1. The molecule has 0 aromatic heterocycles. The Hall–Kier alpha value is 0.260. The Morgan fingerprint density at radius 3 is 2.47 bits per heavy atom. The van der Waals surface area contributed by atoms with Crippen molar-refractivity contribution < 1.29 is 8.42 Å². The van der Waals surface area contributed by atoms with Crippen LogP contribution in [-0.2, 0) is 9.84 Å². The standard InChI is InChI=1S/C10H21NO2S2/c1-10(2,3)15(12,13)9-4-5-11-7-8(14)6-9/h8-9,11,14H,4-7H2,1-3H3. The topological polar surface area (TPSA) is 46.2 Å². The van der Waals surface area contributed by atoms with Gasteiger partial charge in [0.05, 0.1) is 10.00 Å². The highest BCUT2D eigenvalue weighted by atomic mass is 32.2. The summed E-state index contributed by atoms with van der Waals surface area (Å²) in [7, 11) is -3.04. The molecule has 0 spiro atoms. The van der Waals surface area contributed by atoms with E-state index in [4.69, 9.17) is 0 Å². The molecule has 0 bridgehead atoms. The van der Waals surface area contributed by atoms with Crippen molar-refractivity contribution in [2.24, 2.45) is 0 Å². The van der Waals surface area contributed by atoms with Gasteiger partial charge in [0.2, 0.25) is 0 Å². The SMILES string of the molecule is CC(C)(C)S(=O)(=O)C1CCNCC(S)C1. The molecule has 3 nitrogen and oxygen atoms in total. The van der Waals surface area contributed by atoms with E-state index >= 15 is 0 Å². The van der Waals surface area contributed by atoms with Gasteiger partial charge < -0.3 is 5.32 Å². The van der Waals surface area contributed by atoms with Crippen LogP contribution in [0, 0.1) is 0 Å². The van der Waals surface area contributed by atoms with E-state index < -0.39 is 14.6 Å². The van der Waals surface area contributed by atoms with E-state index in [-0.39, 0.29) is 10.5 Å². The van der Waals surface area contributed by atoms with E-state index in [9.17, 15) is 8.42 Å². The summed E-state index contributed by atoms with van der Waals surface area (Å²) in [5, 5.41) is 3.12. The van der Waals surface area contributed by atoms with Gasteiger partial charge in [0.1, 0.15) is 0 Å². The van der Waals surface area contributed by atoms with Crippen molar-refractivity contribution in [3.8, 4) is 0 Å². The van der Waals surface area contributed by atoms with E-state index in [2.05, 4.69) is 17.9 Å².